The predicted molar refractivity (Wildman–Crippen MR) is 56.7 cm³/mol. The second kappa shape index (κ2) is 2.99. The zero-order valence-corrected chi connectivity index (χ0v) is 8.54. The van der Waals surface area contributed by atoms with Crippen LogP contribution >= 0.6 is 11.6 Å². The Morgan fingerprint density at radius 3 is 3.00 bits per heavy atom. The number of alkyl halides is 1. The molecule has 2 aromatic heterocycles. The van der Waals surface area contributed by atoms with Crippen LogP contribution in [0, 0.1) is 0 Å². The van der Waals surface area contributed by atoms with Crippen LogP contribution in [-0.4, -0.2) is 9.38 Å². The first-order valence-corrected chi connectivity index (χ1v) is 5.45. The number of hydrogen-bond acceptors (Lipinski definition) is 1. The summed E-state index contributed by atoms with van der Waals surface area (Å²) in [4.78, 5) is 4.43. The summed E-state index contributed by atoms with van der Waals surface area (Å²) in [6.45, 7) is 0. The van der Waals surface area contributed by atoms with Gasteiger partial charge >= 0.3 is 0 Å². The molecule has 1 saturated carbocycles. The topological polar surface area (TPSA) is 17.3 Å². The van der Waals surface area contributed by atoms with Crippen molar-refractivity contribution in [2.75, 3.05) is 0 Å². The summed E-state index contributed by atoms with van der Waals surface area (Å²) in [5.41, 5.74) is 3.36. The van der Waals surface area contributed by atoms with E-state index < -0.39 is 0 Å². The maximum Gasteiger partial charge on any atom is 0.137 e. The normalized spacial score (nSPS) is 16.4. The minimum Gasteiger partial charge on any atom is -0.303 e. The lowest BCUT2D eigenvalue weighted by molar-refractivity contribution is 0.967. The van der Waals surface area contributed by atoms with E-state index in [2.05, 4.69) is 27.7 Å². The van der Waals surface area contributed by atoms with Gasteiger partial charge in [0.15, 0.2) is 0 Å². The Kier molecular flexibility index (Phi) is 1.77. The Labute approximate surface area is 87.5 Å². The van der Waals surface area contributed by atoms with Gasteiger partial charge in [0.2, 0.25) is 0 Å². The lowest BCUT2D eigenvalue weighted by atomic mass is 10.2. The van der Waals surface area contributed by atoms with E-state index >= 15 is 0 Å². The third-order valence-corrected chi connectivity index (χ3v) is 2.98. The standard InChI is InChI=1S/C11H11ClN2/c12-6-9-7-14-10(8-4-5-8)2-1-3-11(14)13-9/h1-3,7-8H,4-6H2. The number of halogens is 1. The summed E-state index contributed by atoms with van der Waals surface area (Å²) in [7, 11) is 0. The molecule has 1 aliphatic rings. The van der Waals surface area contributed by atoms with Crippen LogP contribution in [0.5, 0.6) is 0 Å². The highest BCUT2D eigenvalue weighted by molar-refractivity contribution is 6.16. The molecule has 0 spiro atoms. The SMILES string of the molecule is ClCc1cn2c(C3CC3)cccc2n1. The molecular formula is C11H11ClN2. The van der Waals surface area contributed by atoms with Gasteiger partial charge in [0.25, 0.3) is 0 Å². The molecule has 2 aromatic rings. The van der Waals surface area contributed by atoms with Crippen molar-refractivity contribution in [3.05, 3.63) is 35.8 Å². The van der Waals surface area contributed by atoms with Crippen molar-refractivity contribution < 1.29 is 0 Å². The third-order valence-electron chi connectivity index (χ3n) is 2.71. The molecule has 2 nitrogen and oxygen atoms in total. The molecular weight excluding hydrogens is 196 g/mol. The van der Waals surface area contributed by atoms with Gasteiger partial charge in [-0.05, 0) is 30.9 Å². The molecule has 3 rings (SSSR count). The number of aromatic nitrogens is 2. The van der Waals surface area contributed by atoms with E-state index in [1.54, 1.807) is 0 Å². The van der Waals surface area contributed by atoms with Crippen molar-refractivity contribution in [2.24, 2.45) is 0 Å². The van der Waals surface area contributed by atoms with Crippen molar-refractivity contribution in [3.8, 4) is 0 Å². The fourth-order valence-corrected chi connectivity index (χ4v) is 1.99. The molecule has 1 fully saturated rings. The van der Waals surface area contributed by atoms with Crippen molar-refractivity contribution in [3.63, 3.8) is 0 Å². The molecule has 14 heavy (non-hydrogen) atoms. The summed E-state index contributed by atoms with van der Waals surface area (Å²) >= 11 is 5.77. The minimum atomic E-state index is 0.492. The fourth-order valence-electron chi connectivity index (χ4n) is 1.86. The van der Waals surface area contributed by atoms with Gasteiger partial charge in [0.1, 0.15) is 5.65 Å². The highest BCUT2D eigenvalue weighted by Gasteiger charge is 2.25. The van der Waals surface area contributed by atoms with Crippen molar-refractivity contribution in [1.29, 1.82) is 0 Å². The van der Waals surface area contributed by atoms with Crippen LogP contribution in [0.25, 0.3) is 5.65 Å². The molecule has 0 unspecified atom stereocenters. The zero-order valence-electron chi connectivity index (χ0n) is 7.78. The summed E-state index contributed by atoms with van der Waals surface area (Å²) in [5.74, 6) is 1.24. The maximum absolute atomic E-state index is 5.77. The Morgan fingerprint density at radius 2 is 2.29 bits per heavy atom. The lowest BCUT2D eigenvalue weighted by Crippen LogP contribution is -1.92. The van der Waals surface area contributed by atoms with Gasteiger partial charge in [-0.15, -0.1) is 11.6 Å². The van der Waals surface area contributed by atoms with Crippen molar-refractivity contribution >= 4 is 17.2 Å². The second-order valence-corrected chi connectivity index (χ2v) is 4.09. The van der Waals surface area contributed by atoms with Crippen LogP contribution in [-0.2, 0) is 5.88 Å². The van der Waals surface area contributed by atoms with Crippen molar-refractivity contribution in [2.45, 2.75) is 24.6 Å². The maximum atomic E-state index is 5.77. The molecule has 0 saturated heterocycles. The van der Waals surface area contributed by atoms with Crippen LogP contribution < -0.4 is 0 Å². The van der Waals surface area contributed by atoms with E-state index in [-0.39, 0.29) is 0 Å². The molecule has 0 N–H and O–H groups in total. The molecule has 3 heteroatoms. The van der Waals surface area contributed by atoms with Crippen LogP contribution in [0.1, 0.15) is 30.1 Å². The average molecular weight is 207 g/mol. The highest BCUT2D eigenvalue weighted by Crippen LogP contribution is 2.40. The van der Waals surface area contributed by atoms with Gasteiger partial charge in [0.05, 0.1) is 11.6 Å². The van der Waals surface area contributed by atoms with Crippen LogP contribution in [0.4, 0.5) is 0 Å². The molecule has 2 heterocycles. The van der Waals surface area contributed by atoms with Gasteiger partial charge in [-0.3, -0.25) is 0 Å². The van der Waals surface area contributed by atoms with E-state index in [1.165, 1.54) is 18.5 Å². The molecule has 0 atom stereocenters. The van der Waals surface area contributed by atoms with Crippen LogP contribution in [0.3, 0.4) is 0 Å². The Balaban J connectivity index is 2.23. The first-order chi connectivity index (χ1) is 6.88. The molecule has 0 aliphatic heterocycles. The van der Waals surface area contributed by atoms with E-state index in [9.17, 15) is 0 Å². The summed E-state index contributed by atoms with van der Waals surface area (Å²) < 4.78 is 2.18. The number of rotatable bonds is 2. The predicted octanol–water partition coefficient (Wildman–Crippen LogP) is 2.95. The van der Waals surface area contributed by atoms with Crippen molar-refractivity contribution in [1.82, 2.24) is 9.38 Å². The molecule has 0 radical (unpaired) electrons. The van der Waals surface area contributed by atoms with Gasteiger partial charge < -0.3 is 4.40 Å². The third kappa shape index (κ3) is 1.22. The van der Waals surface area contributed by atoms with Crippen LogP contribution in [0.15, 0.2) is 24.4 Å². The molecule has 72 valence electrons. The van der Waals surface area contributed by atoms with E-state index in [4.69, 9.17) is 11.6 Å². The van der Waals surface area contributed by atoms with Gasteiger partial charge in [-0.1, -0.05) is 6.07 Å². The molecule has 0 bridgehead atoms. The zero-order chi connectivity index (χ0) is 9.54. The Hall–Kier alpha value is -1.02. The summed E-state index contributed by atoms with van der Waals surface area (Å²) in [6.07, 6.45) is 4.68. The molecule has 0 aromatic carbocycles. The number of imidazole rings is 1. The second-order valence-electron chi connectivity index (χ2n) is 3.82. The highest BCUT2D eigenvalue weighted by atomic mass is 35.5. The fraction of sp³-hybridized carbons (Fsp3) is 0.364. The quantitative estimate of drug-likeness (QED) is 0.691. The number of nitrogens with zero attached hydrogens (tertiary/aromatic N) is 2. The Bertz CT molecular complexity index is 471. The number of fused-ring (bicyclic) bond motifs is 1. The van der Waals surface area contributed by atoms with Gasteiger partial charge in [-0.25, -0.2) is 4.98 Å². The first kappa shape index (κ1) is 8.30. The number of hydrogen-bond donors (Lipinski definition) is 0. The van der Waals surface area contributed by atoms with Crippen LogP contribution in [0.2, 0.25) is 0 Å². The molecule has 0 amide bonds. The smallest absolute Gasteiger partial charge is 0.137 e. The lowest BCUT2D eigenvalue weighted by Gasteiger charge is -2.01. The monoisotopic (exact) mass is 206 g/mol. The number of pyridine rings is 1. The average Bonchev–Trinajstić information content (AvgIpc) is 2.96. The van der Waals surface area contributed by atoms with E-state index in [1.807, 2.05) is 6.07 Å². The van der Waals surface area contributed by atoms with E-state index in [0.29, 0.717) is 5.88 Å². The summed E-state index contributed by atoms with van der Waals surface area (Å²) in [6, 6.07) is 6.29. The molecule has 1 aliphatic carbocycles. The largest absolute Gasteiger partial charge is 0.303 e. The first-order valence-electron chi connectivity index (χ1n) is 4.91. The summed E-state index contributed by atoms with van der Waals surface area (Å²) in [5, 5.41) is 0. The van der Waals surface area contributed by atoms with E-state index in [0.717, 1.165) is 17.3 Å². The Morgan fingerprint density at radius 1 is 1.43 bits per heavy atom. The van der Waals surface area contributed by atoms with Gasteiger partial charge in [-0.2, -0.15) is 0 Å². The minimum absolute atomic E-state index is 0.492. The van der Waals surface area contributed by atoms with Gasteiger partial charge in [0, 0.05) is 11.9 Å².